The van der Waals surface area contributed by atoms with E-state index in [2.05, 4.69) is 0 Å². The van der Waals surface area contributed by atoms with E-state index in [1.165, 1.54) is 30.3 Å². The maximum Gasteiger partial charge on any atom is 0.328 e. The Bertz CT molecular complexity index is 940. The van der Waals surface area contributed by atoms with E-state index in [-0.39, 0.29) is 33.4 Å². The first-order chi connectivity index (χ1) is 11.8. The summed E-state index contributed by atoms with van der Waals surface area (Å²) in [6, 6.07) is 6.05. The highest BCUT2D eigenvalue weighted by atomic mass is 35.5. The maximum atomic E-state index is 11.7. The third-order valence-electron chi connectivity index (χ3n) is 3.28. The van der Waals surface area contributed by atoms with Crippen molar-refractivity contribution in [3.63, 3.8) is 0 Å². The van der Waals surface area contributed by atoms with Gasteiger partial charge in [-0.3, -0.25) is 30.3 Å². The van der Waals surface area contributed by atoms with Gasteiger partial charge in [0.15, 0.2) is 0 Å². The quantitative estimate of drug-likeness (QED) is 0.373. The molecule has 2 aromatic rings. The number of nitro groups is 1. The Kier molecular flexibility index (Phi) is 4.07. The lowest BCUT2D eigenvalue weighted by atomic mass is 10.1. The van der Waals surface area contributed by atoms with E-state index in [4.69, 9.17) is 16.0 Å². The number of furan rings is 1. The number of barbiturate groups is 1. The fraction of sp³-hybridized carbons (Fsp3) is 0. The molecule has 25 heavy (non-hydrogen) atoms. The molecule has 0 spiro atoms. The second-order valence-corrected chi connectivity index (χ2v) is 5.35. The maximum absolute atomic E-state index is 11.7. The molecule has 0 bridgehead atoms. The number of nitro benzene ring substituents is 1. The largest absolute Gasteiger partial charge is 0.456 e. The van der Waals surface area contributed by atoms with E-state index in [9.17, 15) is 24.5 Å². The van der Waals surface area contributed by atoms with Crippen LogP contribution in [-0.4, -0.2) is 22.8 Å². The summed E-state index contributed by atoms with van der Waals surface area (Å²) < 4.78 is 5.46. The van der Waals surface area contributed by atoms with Crippen LogP contribution in [0.4, 0.5) is 10.5 Å². The second kappa shape index (κ2) is 6.21. The van der Waals surface area contributed by atoms with Crippen LogP contribution in [-0.2, 0) is 9.59 Å². The van der Waals surface area contributed by atoms with Crippen molar-refractivity contribution in [3.05, 3.63) is 56.8 Å². The van der Waals surface area contributed by atoms with Gasteiger partial charge < -0.3 is 4.42 Å². The van der Waals surface area contributed by atoms with Crippen molar-refractivity contribution in [2.45, 2.75) is 0 Å². The molecular weight excluding hydrogens is 354 g/mol. The van der Waals surface area contributed by atoms with E-state index in [1.54, 1.807) is 0 Å². The van der Waals surface area contributed by atoms with Gasteiger partial charge in [-0.25, -0.2) is 4.79 Å². The number of amides is 4. The number of rotatable bonds is 3. The molecule has 1 aromatic carbocycles. The Morgan fingerprint density at radius 2 is 1.76 bits per heavy atom. The van der Waals surface area contributed by atoms with Gasteiger partial charge >= 0.3 is 6.03 Å². The van der Waals surface area contributed by atoms with Crippen LogP contribution in [0.3, 0.4) is 0 Å². The molecule has 3 rings (SSSR count). The lowest BCUT2D eigenvalue weighted by Crippen LogP contribution is -2.51. The highest BCUT2D eigenvalue weighted by molar-refractivity contribution is 6.31. The van der Waals surface area contributed by atoms with Crippen LogP contribution in [0.15, 0.2) is 40.3 Å². The third-order valence-corrected chi connectivity index (χ3v) is 3.51. The summed E-state index contributed by atoms with van der Waals surface area (Å²) >= 11 is 5.77. The molecule has 9 nitrogen and oxygen atoms in total. The number of hydrogen-bond acceptors (Lipinski definition) is 6. The lowest BCUT2D eigenvalue weighted by Gasteiger charge is -2.13. The number of urea groups is 1. The van der Waals surface area contributed by atoms with E-state index >= 15 is 0 Å². The van der Waals surface area contributed by atoms with Crippen LogP contribution in [0.2, 0.25) is 5.02 Å². The molecule has 0 radical (unpaired) electrons. The fourth-order valence-corrected chi connectivity index (χ4v) is 2.35. The Morgan fingerprint density at radius 3 is 2.40 bits per heavy atom. The van der Waals surface area contributed by atoms with Gasteiger partial charge in [-0.2, -0.15) is 0 Å². The van der Waals surface area contributed by atoms with Gasteiger partial charge in [0.1, 0.15) is 17.1 Å². The van der Waals surface area contributed by atoms with Gasteiger partial charge in [-0.05, 0) is 30.3 Å². The van der Waals surface area contributed by atoms with Gasteiger partial charge in [-0.1, -0.05) is 11.6 Å². The Balaban J connectivity index is 1.98. The number of nitrogens with one attached hydrogen (secondary N) is 2. The molecule has 1 fully saturated rings. The van der Waals surface area contributed by atoms with Crippen LogP contribution >= 0.6 is 11.6 Å². The molecule has 2 N–H and O–H groups in total. The molecule has 0 atom stereocenters. The highest BCUT2D eigenvalue weighted by Crippen LogP contribution is 2.33. The first-order valence-electron chi connectivity index (χ1n) is 6.77. The molecule has 10 heteroatoms. The summed E-state index contributed by atoms with van der Waals surface area (Å²) in [5.41, 5.74) is -0.391. The van der Waals surface area contributed by atoms with Crippen molar-refractivity contribution in [1.29, 1.82) is 0 Å². The summed E-state index contributed by atoms with van der Waals surface area (Å²) in [5, 5.41) is 15.2. The minimum absolute atomic E-state index is 0.105. The zero-order valence-corrected chi connectivity index (χ0v) is 13.0. The number of halogens is 1. The minimum Gasteiger partial charge on any atom is -0.456 e. The SMILES string of the molecule is O=C1NC(=O)C(=Cc2ccc(-c3ccc(Cl)cc3[N+](=O)[O-])o2)C(=O)N1. The van der Waals surface area contributed by atoms with Gasteiger partial charge in [0.05, 0.1) is 10.5 Å². The first-order valence-corrected chi connectivity index (χ1v) is 7.15. The predicted molar refractivity (Wildman–Crippen MR) is 85.5 cm³/mol. The molecule has 1 aromatic heterocycles. The molecule has 1 aliphatic rings. The highest BCUT2D eigenvalue weighted by Gasteiger charge is 2.28. The number of carbonyl (C=O) groups excluding carboxylic acids is 3. The summed E-state index contributed by atoms with van der Waals surface area (Å²) in [4.78, 5) is 44.9. The predicted octanol–water partition coefficient (Wildman–Crippen LogP) is 2.26. The smallest absolute Gasteiger partial charge is 0.328 e. The van der Waals surface area contributed by atoms with Gasteiger partial charge in [0.2, 0.25) is 0 Å². The van der Waals surface area contributed by atoms with Crippen molar-refractivity contribution in [3.8, 4) is 11.3 Å². The topological polar surface area (TPSA) is 132 Å². The molecule has 2 heterocycles. The van der Waals surface area contributed by atoms with E-state index in [0.717, 1.165) is 6.08 Å². The molecule has 0 aliphatic carbocycles. The van der Waals surface area contributed by atoms with E-state index < -0.39 is 22.8 Å². The van der Waals surface area contributed by atoms with Crippen LogP contribution in [0.25, 0.3) is 17.4 Å². The minimum atomic E-state index is -0.913. The molecule has 0 saturated carbocycles. The van der Waals surface area contributed by atoms with E-state index in [1.807, 2.05) is 10.6 Å². The second-order valence-electron chi connectivity index (χ2n) is 4.92. The molecule has 0 unspecified atom stereocenters. The van der Waals surface area contributed by atoms with Crippen molar-refractivity contribution in [2.24, 2.45) is 0 Å². The molecule has 4 amide bonds. The third kappa shape index (κ3) is 3.26. The van der Waals surface area contributed by atoms with Crippen molar-refractivity contribution in [2.75, 3.05) is 0 Å². The summed E-state index contributed by atoms with van der Waals surface area (Å²) in [5.74, 6) is -1.48. The number of hydrogen-bond donors (Lipinski definition) is 2. The van der Waals surface area contributed by atoms with Crippen molar-refractivity contribution < 1.29 is 23.7 Å². The summed E-state index contributed by atoms with van der Waals surface area (Å²) in [7, 11) is 0. The fourth-order valence-electron chi connectivity index (χ4n) is 2.19. The van der Waals surface area contributed by atoms with Crippen molar-refractivity contribution in [1.82, 2.24) is 10.6 Å². The molecule has 1 aliphatic heterocycles. The molecule has 126 valence electrons. The Hall–Kier alpha value is -3.46. The number of imide groups is 2. The normalized spacial score (nSPS) is 14.1. The Labute approximate surface area is 144 Å². The van der Waals surface area contributed by atoms with Gasteiger partial charge in [0, 0.05) is 11.1 Å². The van der Waals surface area contributed by atoms with Crippen LogP contribution in [0.1, 0.15) is 5.76 Å². The molecule has 1 saturated heterocycles. The van der Waals surface area contributed by atoms with Crippen molar-refractivity contribution >= 4 is 41.2 Å². The number of benzene rings is 1. The molecular formula is C15H8ClN3O6. The zero-order valence-electron chi connectivity index (χ0n) is 12.2. The average Bonchev–Trinajstić information content (AvgIpc) is 2.99. The van der Waals surface area contributed by atoms with Crippen LogP contribution in [0.5, 0.6) is 0 Å². The Morgan fingerprint density at radius 1 is 1.08 bits per heavy atom. The number of nitrogens with zero attached hydrogens (tertiary/aromatic N) is 1. The summed E-state index contributed by atoms with van der Waals surface area (Å²) in [6.07, 6.45) is 1.13. The summed E-state index contributed by atoms with van der Waals surface area (Å²) in [6.45, 7) is 0. The lowest BCUT2D eigenvalue weighted by molar-refractivity contribution is -0.384. The average molecular weight is 362 g/mol. The van der Waals surface area contributed by atoms with Crippen LogP contribution < -0.4 is 10.6 Å². The first kappa shape index (κ1) is 16.4. The monoisotopic (exact) mass is 361 g/mol. The van der Waals surface area contributed by atoms with E-state index in [0.29, 0.717) is 0 Å². The zero-order chi connectivity index (χ0) is 18.1. The van der Waals surface area contributed by atoms with Gasteiger partial charge in [0.25, 0.3) is 17.5 Å². The number of carbonyl (C=O) groups is 3. The standard InChI is InChI=1S/C15H8ClN3O6/c16-7-1-3-9(11(5-7)19(23)24)12-4-2-8(25-12)6-10-13(20)17-15(22)18-14(10)21/h1-6H,(H2,17,18,20,21,22). The van der Waals surface area contributed by atoms with Crippen LogP contribution in [0, 0.1) is 10.1 Å². The van der Waals surface area contributed by atoms with Gasteiger partial charge in [-0.15, -0.1) is 0 Å².